The van der Waals surface area contributed by atoms with E-state index in [2.05, 4.69) is 15.2 Å². The zero-order valence-electron chi connectivity index (χ0n) is 15.4. The van der Waals surface area contributed by atoms with Crippen LogP contribution in [0.5, 0.6) is 0 Å². The molecule has 1 N–H and O–H groups in total. The van der Waals surface area contributed by atoms with Gasteiger partial charge in [0.05, 0.1) is 24.6 Å². The summed E-state index contributed by atoms with van der Waals surface area (Å²) in [6.45, 7) is 0.682. The number of aromatic nitrogens is 2. The Morgan fingerprint density at radius 2 is 1.83 bits per heavy atom. The quantitative estimate of drug-likeness (QED) is 0.808. The number of piperidine rings is 1. The number of methoxy groups -OCH3 is 1. The first-order valence-corrected chi connectivity index (χ1v) is 9.13. The number of rotatable bonds is 3. The summed E-state index contributed by atoms with van der Waals surface area (Å²) in [4.78, 5) is 25.5. The minimum atomic E-state index is -4.79. The van der Waals surface area contributed by atoms with Crippen LogP contribution in [0.15, 0.2) is 30.5 Å². The van der Waals surface area contributed by atoms with Gasteiger partial charge in [0.25, 0.3) is 5.91 Å². The summed E-state index contributed by atoms with van der Waals surface area (Å²) in [6.07, 6.45) is -3.55. The van der Waals surface area contributed by atoms with Gasteiger partial charge in [0.15, 0.2) is 5.69 Å². The highest BCUT2D eigenvalue weighted by molar-refractivity contribution is 6.30. The van der Waals surface area contributed by atoms with Crippen molar-refractivity contribution in [1.29, 1.82) is 0 Å². The Balaban J connectivity index is 1.79. The highest BCUT2D eigenvalue weighted by Gasteiger charge is 2.41. The normalized spacial score (nSPS) is 15.3. The van der Waals surface area contributed by atoms with Gasteiger partial charge in [-0.3, -0.25) is 4.79 Å². The molecule has 1 aliphatic heterocycles. The second-order valence-corrected chi connectivity index (χ2v) is 6.93. The number of amides is 2. The number of hydrogen-bond acceptors (Lipinski definition) is 4. The van der Waals surface area contributed by atoms with Gasteiger partial charge < -0.3 is 15.0 Å². The van der Waals surface area contributed by atoms with Gasteiger partial charge in [0, 0.05) is 24.2 Å². The number of likely N-dealkylation sites (tertiary alicyclic amines) is 1. The summed E-state index contributed by atoms with van der Waals surface area (Å²) in [7, 11) is 1.27. The van der Waals surface area contributed by atoms with Crippen LogP contribution in [0, 0.1) is 0 Å². The second-order valence-electron chi connectivity index (χ2n) is 6.50. The molecule has 29 heavy (non-hydrogen) atoms. The van der Waals surface area contributed by atoms with Crippen LogP contribution in [-0.4, -0.2) is 52.9 Å². The van der Waals surface area contributed by atoms with Crippen molar-refractivity contribution in [2.45, 2.75) is 25.1 Å². The van der Waals surface area contributed by atoms with Gasteiger partial charge >= 0.3 is 12.3 Å². The van der Waals surface area contributed by atoms with Crippen molar-refractivity contribution in [3.8, 4) is 5.69 Å². The van der Waals surface area contributed by atoms with Gasteiger partial charge in [0.2, 0.25) is 0 Å². The van der Waals surface area contributed by atoms with E-state index in [0.717, 1.165) is 6.20 Å². The highest BCUT2D eigenvalue weighted by atomic mass is 35.5. The van der Waals surface area contributed by atoms with E-state index in [0.29, 0.717) is 35.6 Å². The lowest BCUT2D eigenvalue weighted by atomic mass is 10.0. The van der Waals surface area contributed by atoms with E-state index >= 15 is 0 Å². The molecule has 0 aliphatic carbocycles. The van der Waals surface area contributed by atoms with Crippen LogP contribution in [0.25, 0.3) is 5.69 Å². The molecule has 0 unspecified atom stereocenters. The molecule has 0 spiro atoms. The van der Waals surface area contributed by atoms with Gasteiger partial charge in [0.1, 0.15) is 0 Å². The first kappa shape index (κ1) is 21.0. The first-order chi connectivity index (χ1) is 13.7. The maximum Gasteiger partial charge on any atom is 0.434 e. The molecular weight excluding hydrogens is 413 g/mol. The Morgan fingerprint density at radius 1 is 1.21 bits per heavy atom. The molecule has 1 aromatic carbocycles. The molecule has 1 aliphatic rings. The van der Waals surface area contributed by atoms with Crippen LogP contribution in [-0.2, 0) is 10.9 Å². The van der Waals surface area contributed by atoms with Crippen molar-refractivity contribution in [3.63, 3.8) is 0 Å². The molecule has 7 nitrogen and oxygen atoms in total. The van der Waals surface area contributed by atoms with Crippen LogP contribution in [0.3, 0.4) is 0 Å². The average Bonchev–Trinajstić information content (AvgIpc) is 3.14. The van der Waals surface area contributed by atoms with Gasteiger partial charge in [-0.15, -0.1) is 0 Å². The van der Waals surface area contributed by atoms with E-state index in [-0.39, 0.29) is 11.7 Å². The first-order valence-electron chi connectivity index (χ1n) is 8.75. The molecule has 1 fully saturated rings. The Labute approximate surface area is 169 Å². The Kier molecular flexibility index (Phi) is 6.02. The van der Waals surface area contributed by atoms with Crippen molar-refractivity contribution in [2.75, 3.05) is 20.2 Å². The van der Waals surface area contributed by atoms with Crippen LogP contribution >= 0.6 is 11.6 Å². The molecule has 2 aromatic rings. The standard InChI is InChI=1S/C18H18ClF3N4O3/c1-29-17(28)25-8-6-12(7-9-25)24-16(27)14-10-23-26(15(14)18(20,21)22)13-4-2-11(19)3-5-13/h2-5,10,12H,6-9H2,1H3,(H,24,27). The molecule has 11 heteroatoms. The Morgan fingerprint density at radius 3 is 2.38 bits per heavy atom. The van der Waals surface area contributed by atoms with Crippen LogP contribution in [0.4, 0.5) is 18.0 Å². The summed E-state index contributed by atoms with van der Waals surface area (Å²) in [5, 5.41) is 6.74. The highest BCUT2D eigenvalue weighted by Crippen LogP contribution is 2.34. The van der Waals surface area contributed by atoms with Gasteiger partial charge in [-0.2, -0.15) is 18.3 Å². The summed E-state index contributed by atoms with van der Waals surface area (Å²) < 4.78 is 46.4. The molecule has 1 saturated heterocycles. The second kappa shape index (κ2) is 8.32. The fourth-order valence-corrected chi connectivity index (χ4v) is 3.29. The average molecular weight is 431 g/mol. The Bertz CT molecular complexity index is 891. The number of nitrogens with one attached hydrogen (secondary N) is 1. The fourth-order valence-electron chi connectivity index (χ4n) is 3.16. The van der Waals surface area contributed by atoms with Crippen molar-refractivity contribution >= 4 is 23.6 Å². The monoisotopic (exact) mass is 430 g/mol. The van der Waals surface area contributed by atoms with Gasteiger partial charge in [-0.05, 0) is 37.1 Å². The van der Waals surface area contributed by atoms with Crippen LogP contribution < -0.4 is 5.32 Å². The van der Waals surface area contributed by atoms with E-state index in [4.69, 9.17) is 11.6 Å². The number of carbonyl (C=O) groups excluding carboxylic acids is 2. The maximum absolute atomic E-state index is 13.7. The lowest BCUT2D eigenvalue weighted by Gasteiger charge is -2.31. The van der Waals surface area contributed by atoms with Crippen LogP contribution in [0.1, 0.15) is 28.9 Å². The van der Waals surface area contributed by atoms with Crippen molar-refractivity contribution in [3.05, 3.63) is 46.7 Å². The molecule has 156 valence electrons. The lowest BCUT2D eigenvalue weighted by Crippen LogP contribution is -2.46. The maximum atomic E-state index is 13.7. The number of hydrogen-bond donors (Lipinski definition) is 1. The number of benzene rings is 1. The number of nitrogens with zero attached hydrogens (tertiary/aromatic N) is 3. The predicted molar refractivity (Wildman–Crippen MR) is 98.0 cm³/mol. The molecule has 0 bridgehead atoms. The summed E-state index contributed by atoms with van der Waals surface area (Å²) >= 11 is 5.78. The molecule has 2 heterocycles. The fraction of sp³-hybridized carbons (Fsp3) is 0.389. The van der Waals surface area contributed by atoms with E-state index in [9.17, 15) is 22.8 Å². The molecule has 2 amide bonds. The van der Waals surface area contributed by atoms with Crippen LogP contribution in [0.2, 0.25) is 5.02 Å². The third kappa shape index (κ3) is 4.64. The number of halogens is 4. The van der Waals surface area contributed by atoms with Gasteiger partial charge in [-0.25, -0.2) is 9.48 Å². The van der Waals surface area contributed by atoms with Crippen molar-refractivity contribution in [1.82, 2.24) is 20.0 Å². The zero-order valence-corrected chi connectivity index (χ0v) is 16.1. The lowest BCUT2D eigenvalue weighted by molar-refractivity contribution is -0.143. The number of alkyl halides is 3. The Hall–Kier alpha value is -2.75. The third-order valence-electron chi connectivity index (χ3n) is 4.62. The van der Waals surface area contributed by atoms with Crippen molar-refractivity contribution in [2.24, 2.45) is 0 Å². The van der Waals surface area contributed by atoms with E-state index in [1.165, 1.54) is 36.3 Å². The summed E-state index contributed by atoms with van der Waals surface area (Å²) in [6, 6.07) is 5.29. The summed E-state index contributed by atoms with van der Waals surface area (Å²) in [5.74, 6) is -0.867. The SMILES string of the molecule is COC(=O)N1CCC(NC(=O)c2cnn(-c3ccc(Cl)cc3)c2C(F)(F)F)CC1. The van der Waals surface area contributed by atoms with Gasteiger partial charge in [-0.1, -0.05) is 11.6 Å². The number of ether oxygens (including phenoxy) is 1. The zero-order chi connectivity index (χ0) is 21.2. The molecule has 1 aromatic heterocycles. The molecule has 3 rings (SSSR count). The molecular formula is C18H18ClF3N4O3. The molecule has 0 radical (unpaired) electrons. The number of carbonyl (C=O) groups is 2. The predicted octanol–water partition coefficient (Wildman–Crippen LogP) is 3.51. The molecule has 0 saturated carbocycles. The minimum Gasteiger partial charge on any atom is -0.453 e. The minimum absolute atomic E-state index is 0.132. The third-order valence-corrected chi connectivity index (χ3v) is 4.87. The topological polar surface area (TPSA) is 76.5 Å². The van der Waals surface area contributed by atoms with E-state index in [1.807, 2.05) is 0 Å². The van der Waals surface area contributed by atoms with E-state index in [1.54, 1.807) is 0 Å². The van der Waals surface area contributed by atoms with E-state index < -0.39 is 29.4 Å². The smallest absolute Gasteiger partial charge is 0.434 e. The van der Waals surface area contributed by atoms with Crippen molar-refractivity contribution < 1.29 is 27.5 Å². The summed E-state index contributed by atoms with van der Waals surface area (Å²) in [5.41, 5.74) is -1.60. The molecule has 0 atom stereocenters. The largest absolute Gasteiger partial charge is 0.453 e.